The van der Waals surface area contributed by atoms with E-state index in [4.69, 9.17) is 0 Å². The molecule has 2 rings (SSSR count). The van der Waals surface area contributed by atoms with Gasteiger partial charge in [0.05, 0.1) is 6.10 Å². The van der Waals surface area contributed by atoms with Gasteiger partial charge in [-0.25, -0.2) is 0 Å². The van der Waals surface area contributed by atoms with Crippen LogP contribution in [0.3, 0.4) is 0 Å². The Balaban J connectivity index is 1.98. The van der Waals surface area contributed by atoms with E-state index in [1.54, 1.807) is 0 Å². The van der Waals surface area contributed by atoms with Crippen LogP contribution >= 0.6 is 11.8 Å². The maximum Gasteiger partial charge on any atom is 0.0883 e. The molecule has 0 aliphatic heterocycles. The molecule has 1 aromatic carbocycles. The van der Waals surface area contributed by atoms with E-state index in [1.165, 1.54) is 30.4 Å². The van der Waals surface area contributed by atoms with Crippen LogP contribution in [0.2, 0.25) is 0 Å². The third-order valence-electron chi connectivity index (χ3n) is 3.63. The van der Waals surface area contributed by atoms with Crippen LogP contribution in [0.1, 0.15) is 56.3 Å². The van der Waals surface area contributed by atoms with Crippen LogP contribution in [0.5, 0.6) is 0 Å². The second-order valence-electron chi connectivity index (χ2n) is 5.70. The zero-order chi connectivity index (χ0) is 13.0. The van der Waals surface area contributed by atoms with Crippen molar-refractivity contribution in [3.63, 3.8) is 0 Å². The van der Waals surface area contributed by atoms with E-state index in [0.29, 0.717) is 11.8 Å². The molecule has 1 N–H and O–H groups in total. The fourth-order valence-electron chi connectivity index (χ4n) is 2.41. The van der Waals surface area contributed by atoms with Gasteiger partial charge in [-0.05, 0) is 41.6 Å². The predicted octanol–water partition coefficient (Wildman–Crippen LogP) is 4.38. The lowest BCUT2D eigenvalue weighted by atomic mass is 9.77. The third-order valence-corrected chi connectivity index (χ3v) is 5.08. The zero-order valence-electron chi connectivity index (χ0n) is 11.4. The van der Waals surface area contributed by atoms with Crippen LogP contribution in [0, 0.1) is 5.92 Å². The second-order valence-corrected chi connectivity index (χ2v) is 6.78. The van der Waals surface area contributed by atoms with Crippen molar-refractivity contribution >= 4 is 11.8 Å². The number of benzene rings is 1. The zero-order valence-corrected chi connectivity index (χ0v) is 12.2. The summed E-state index contributed by atoms with van der Waals surface area (Å²) in [5.41, 5.74) is 2.56. The minimum Gasteiger partial charge on any atom is -0.388 e. The summed E-state index contributed by atoms with van der Waals surface area (Å²) in [5, 5.41) is 10.4. The van der Waals surface area contributed by atoms with Crippen molar-refractivity contribution in [1.29, 1.82) is 0 Å². The summed E-state index contributed by atoms with van der Waals surface area (Å²) < 4.78 is 0. The van der Waals surface area contributed by atoms with Gasteiger partial charge in [-0.2, -0.15) is 11.8 Å². The maximum absolute atomic E-state index is 10.4. The number of rotatable bonds is 6. The monoisotopic (exact) mass is 264 g/mol. The highest BCUT2D eigenvalue weighted by Crippen LogP contribution is 2.39. The van der Waals surface area contributed by atoms with Crippen LogP contribution in [0.15, 0.2) is 24.3 Å². The molecule has 1 aliphatic carbocycles. The standard InChI is InChI=1S/C16H24OS/c1-12(2)10-18-11-16(17)15-9-4-3-8-14(15)13-6-5-7-13/h3-4,8-9,12-13,16-17H,5-7,10-11H2,1-2H3. The van der Waals surface area contributed by atoms with E-state index in [9.17, 15) is 5.11 Å². The van der Waals surface area contributed by atoms with Gasteiger partial charge >= 0.3 is 0 Å². The molecular formula is C16H24OS. The van der Waals surface area contributed by atoms with E-state index in [-0.39, 0.29) is 6.10 Å². The molecule has 0 saturated heterocycles. The van der Waals surface area contributed by atoms with Crippen LogP contribution < -0.4 is 0 Å². The highest BCUT2D eigenvalue weighted by Gasteiger charge is 2.24. The number of hydrogen-bond acceptors (Lipinski definition) is 2. The lowest BCUT2D eigenvalue weighted by Gasteiger charge is -2.29. The molecule has 18 heavy (non-hydrogen) atoms. The van der Waals surface area contributed by atoms with Gasteiger partial charge in [-0.3, -0.25) is 0 Å². The summed E-state index contributed by atoms with van der Waals surface area (Å²) in [4.78, 5) is 0. The van der Waals surface area contributed by atoms with Crippen molar-refractivity contribution in [2.75, 3.05) is 11.5 Å². The van der Waals surface area contributed by atoms with Gasteiger partial charge in [0.15, 0.2) is 0 Å². The van der Waals surface area contributed by atoms with Gasteiger partial charge in [0.25, 0.3) is 0 Å². The molecule has 1 unspecified atom stereocenters. The fraction of sp³-hybridized carbons (Fsp3) is 0.625. The Labute approximate surface area is 115 Å². The Bertz CT molecular complexity index is 371. The highest BCUT2D eigenvalue weighted by molar-refractivity contribution is 7.99. The lowest BCUT2D eigenvalue weighted by molar-refractivity contribution is 0.201. The van der Waals surface area contributed by atoms with Gasteiger partial charge in [-0.15, -0.1) is 0 Å². The van der Waals surface area contributed by atoms with Crippen LogP contribution in [0.25, 0.3) is 0 Å². The molecule has 0 radical (unpaired) electrons. The number of hydrogen-bond donors (Lipinski definition) is 1. The van der Waals surface area contributed by atoms with E-state index in [2.05, 4.69) is 32.0 Å². The first-order chi connectivity index (χ1) is 8.68. The average molecular weight is 264 g/mol. The van der Waals surface area contributed by atoms with E-state index in [1.807, 2.05) is 17.8 Å². The van der Waals surface area contributed by atoms with E-state index in [0.717, 1.165) is 11.5 Å². The Morgan fingerprint density at radius 2 is 1.94 bits per heavy atom. The summed E-state index contributed by atoms with van der Waals surface area (Å²) in [6, 6.07) is 8.46. The molecule has 2 heteroatoms. The first-order valence-electron chi connectivity index (χ1n) is 7.03. The summed E-state index contributed by atoms with van der Waals surface area (Å²) in [5.74, 6) is 3.35. The lowest BCUT2D eigenvalue weighted by Crippen LogP contribution is -2.14. The topological polar surface area (TPSA) is 20.2 Å². The molecule has 0 heterocycles. The molecule has 1 saturated carbocycles. The molecule has 1 atom stereocenters. The minimum absolute atomic E-state index is 0.300. The first kappa shape index (κ1) is 14.0. The Kier molecular flexibility index (Phi) is 5.13. The van der Waals surface area contributed by atoms with Gasteiger partial charge in [0, 0.05) is 5.75 Å². The molecule has 1 nitrogen and oxygen atoms in total. The molecule has 1 aromatic rings. The Morgan fingerprint density at radius 3 is 2.56 bits per heavy atom. The predicted molar refractivity (Wildman–Crippen MR) is 80.2 cm³/mol. The van der Waals surface area contributed by atoms with Crippen LogP contribution in [-0.4, -0.2) is 16.6 Å². The van der Waals surface area contributed by atoms with E-state index < -0.39 is 0 Å². The third kappa shape index (κ3) is 3.52. The Hall–Kier alpha value is -0.470. The number of aliphatic hydroxyl groups is 1. The van der Waals surface area contributed by atoms with Crippen LogP contribution in [0.4, 0.5) is 0 Å². The number of thioether (sulfide) groups is 1. The largest absolute Gasteiger partial charge is 0.388 e. The van der Waals surface area contributed by atoms with Gasteiger partial charge in [0.1, 0.15) is 0 Å². The summed E-state index contributed by atoms with van der Waals surface area (Å²) in [6.07, 6.45) is 3.63. The second kappa shape index (κ2) is 6.63. The van der Waals surface area contributed by atoms with Gasteiger partial charge < -0.3 is 5.11 Å². The molecule has 1 aliphatic rings. The van der Waals surface area contributed by atoms with Crippen molar-refractivity contribution in [2.45, 2.75) is 45.1 Å². The molecule has 1 fully saturated rings. The summed E-state index contributed by atoms with van der Waals surface area (Å²) in [7, 11) is 0. The molecule has 100 valence electrons. The quantitative estimate of drug-likeness (QED) is 0.823. The molecule has 0 spiro atoms. The fourth-order valence-corrected chi connectivity index (χ4v) is 3.42. The van der Waals surface area contributed by atoms with Gasteiger partial charge in [-0.1, -0.05) is 44.5 Å². The smallest absolute Gasteiger partial charge is 0.0883 e. The van der Waals surface area contributed by atoms with Crippen molar-refractivity contribution in [2.24, 2.45) is 5.92 Å². The average Bonchev–Trinajstić information content (AvgIpc) is 2.27. The Morgan fingerprint density at radius 1 is 1.22 bits per heavy atom. The molecule has 0 bridgehead atoms. The maximum atomic E-state index is 10.4. The van der Waals surface area contributed by atoms with Crippen molar-refractivity contribution in [3.05, 3.63) is 35.4 Å². The summed E-state index contributed by atoms with van der Waals surface area (Å²) >= 11 is 1.86. The van der Waals surface area contributed by atoms with Gasteiger partial charge in [0.2, 0.25) is 0 Å². The van der Waals surface area contributed by atoms with Crippen molar-refractivity contribution in [1.82, 2.24) is 0 Å². The molecule has 0 aromatic heterocycles. The molecule has 0 amide bonds. The minimum atomic E-state index is -0.300. The summed E-state index contributed by atoms with van der Waals surface area (Å²) in [6.45, 7) is 4.45. The van der Waals surface area contributed by atoms with E-state index >= 15 is 0 Å². The molecular weight excluding hydrogens is 240 g/mol. The first-order valence-corrected chi connectivity index (χ1v) is 8.18. The normalized spacial score (nSPS) is 17.8. The van der Waals surface area contributed by atoms with Crippen molar-refractivity contribution < 1.29 is 5.11 Å². The SMILES string of the molecule is CC(C)CSCC(O)c1ccccc1C1CCC1. The van der Waals surface area contributed by atoms with Crippen molar-refractivity contribution in [3.8, 4) is 0 Å². The highest BCUT2D eigenvalue weighted by atomic mass is 32.2. The number of aliphatic hydroxyl groups excluding tert-OH is 1. The van der Waals surface area contributed by atoms with Crippen LogP contribution in [-0.2, 0) is 0 Å².